The van der Waals surface area contributed by atoms with E-state index in [1.807, 2.05) is 23.6 Å². The number of aromatic nitrogens is 2. The summed E-state index contributed by atoms with van der Waals surface area (Å²) in [7, 11) is 3.47. The average Bonchev–Trinajstić information content (AvgIpc) is 1.58. The third-order valence-electron chi connectivity index (χ3n) is 17.9. The van der Waals surface area contributed by atoms with E-state index in [0.717, 1.165) is 63.5 Å². The van der Waals surface area contributed by atoms with Gasteiger partial charge in [0, 0.05) is 96.2 Å². The molecule has 1 aromatic heterocycles. The summed E-state index contributed by atoms with van der Waals surface area (Å²) in [5.74, 6) is -0.252. The van der Waals surface area contributed by atoms with Gasteiger partial charge in [-0.25, -0.2) is 14.4 Å². The first-order valence-electron chi connectivity index (χ1n) is 34.9. The van der Waals surface area contributed by atoms with Crippen LogP contribution in [0.2, 0.25) is 5.02 Å². The Bertz CT molecular complexity index is 2560. The number of nitrogens with zero attached hydrogens (tertiary/aromatic N) is 6. The summed E-state index contributed by atoms with van der Waals surface area (Å²) < 4.78 is 47.9. The molecular formula is C70H115ClFN9O12. The highest BCUT2D eigenvalue weighted by Gasteiger charge is 2.57. The Morgan fingerprint density at radius 1 is 0.645 bits per heavy atom. The molecule has 526 valence electrons. The van der Waals surface area contributed by atoms with E-state index in [9.17, 15) is 33.2 Å². The van der Waals surface area contributed by atoms with Crippen LogP contribution in [0.3, 0.4) is 0 Å². The fourth-order valence-electron chi connectivity index (χ4n) is 13.0. The van der Waals surface area contributed by atoms with E-state index in [1.54, 1.807) is 36.0 Å². The Balaban J connectivity index is 0.756. The van der Waals surface area contributed by atoms with E-state index in [2.05, 4.69) is 36.7 Å². The summed E-state index contributed by atoms with van der Waals surface area (Å²) in [5.41, 5.74) is 0.845. The van der Waals surface area contributed by atoms with Crippen molar-refractivity contribution in [2.75, 3.05) is 144 Å². The van der Waals surface area contributed by atoms with Gasteiger partial charge in [-0.3, -0.25) is 28.8 Å². The summed E-state index contributed by atoms with van der Waals surface area (Å²) in [5, 5.41) is 8.55. The van der Waals surface area contributed by atoms with Crippen molar-refractivity contribution >= 4 is 58.5 Å². The molecule has 2 fully saturated rings. The quantitative estimate of drug-likeness (QED) is 0.0523. The molecule has 1 spiro atoms. The second-order valence-electron chi connectivity index (χ2n) is 26.9. The minimum absolute atomic E-state index is 0.00727. The van der Waals surface area contributed by atoms with E-state index in [4.69, 9.17) is 50.0 Å². The molecule has 3 aliphatic rings. The molecule has 1 saturated heterocycles. The summed E-state index contributed by atoms with van der Waals surface area (Å²) in [6, 6.07) is 4.74. The largest absolute Gasteiger partial charge is 0.379 e. The highest BCUT2D eigenvalue weighted by molar-refractivity contribution is 6.30. The number of amides is 6. The Labute approximate surface area is 560 Å². The van der Waals surface area contributed by atoms with Gasteiger partial charge in [0.1, 0.15) is 11.5 Å². The summed E-state index contributed by atoms with van der Waals surface area (Å²) in [6.07, 6.45) is 24.6. The highest BCUT2D eigenvalue weighted by atomic mass is 35.5. The fourth-order valence-corrected chi connectivity index (χ4v) is 13.1. The van der Waals surface area contributed by atoms with Crippen molar-refractivity contribution < 1.29 is 61.6 Å². The SMILES string of the molecule is CCCCCCCCCCCCCCC(CCN(C)C(=O)CCOCCOCCOCCNC(=O)CCOCCOCCOCCNC(=O)CCCCCCC(=O)N1CCN(C(=O)c2cnc3c(n2)C2(CN3c3ccc(Cl)c(F)c3)CC(C)(C)C2)C(C)(C)C1)C(=O)NC. The van der Waals surface area contributed by atoms with Crippen molar-refractivity contribution in [2.24, 2.45) is 11.3 Å². The van der Waals surface area contributed by atoms with Gasteiger partial charge in [-0.15, -0.1) is 0 Å². The van der Waals surface area contributed by atoms with Gasteiger partial charge >= 0.3 is 0 Å². The number of benzene rings is 1. The predicted octanol–water partition coefficient (Wildman–Crippen LogP) is 10.3. The van der Waals surface area contributed by atoms with Gasteiger partial charge in [0.05, 0.1) is 108 Å². The zero-order chi connectivity index (χ0) is 67.3. The maximum absolute atomic E-state index is 14.6. The number of unbranched alkanes of at least 4 members (excludes halogenated alkanes) is 14. The number of piperazine rings is 1. The normalized spacial score (nSPS) is 15.6. The lowest BCUT2D eigenvalue weighted by Gasteiger charge is -2.51. The fraction of sp³-hybridized carbons (Fsp3) is 0.771. The van der Waals surface area contributed by atoms with Gasteiger partial charge in [-0.2, -0.15) is 0 Å². The zero-order valence-electron chi connectivity index (χ0n) is 57.6. The summed E-state index contributed by atoms with van der Waals surface area (Å²) >= 11 is 6.01. The first kappa shape index (κ1) is 78.6. The molecular weight excluding hydrogens is 1210 g/mol. The monoisotopic (exact) mass is 1330 g/mol. The minimum atomic E-state index is -0.639. The van der Waals surface area contributed by atoms with Crippen molar-refractivity contribution in [1.29, 1.82) is 0 Å². The second-order valence-corrected chi connectivity index (χ2v) is 27.3. The van der Waals surface area contributed by atoms with E-state index in [1.165, 1.54) is 76.5 Å². The smallest absolute Gasteiger partial charge is 0.274 e. The van der Waals surface area contributed by atoms with Gasteiger partial charge in [0.25, 0.3) is 5.91 Å². The summed E-state index contributed by atoms with van der Waals surface area (Å²) in [6.45, 7) is 18.0. The minimum Gasteiger partial charge on any atom is -0.379 e. The highest BCUT2D eigenvalue weighted by Crippen LogP contribution is 2.60. The lowest BCUT2D eigenvalue weighted by atomic mass is 9.54. The molecule has 23 heteroatoms. The number of carbonyl (C=O) groups is 6. The molecule has 3 heterocycles. The Kier molecular flexibility index (Phi) is 36.5. The summed E-state index contributed by atoms with van der Waals surface area (Å²) in [4.78, 5) is 94.4. The number of anilines is 2. The molecule has 1 aliphatic carbocycles. The van der Waals surface area contributed by atoms with Gasteiger partial charge in [-0.05, 0) is 76.0 Å². The molecule has 93 heavy (non-hydrogen) atoms. The number of hydrogen-bond acceptors (Lipinski definition) is 15. The van der Waals surface area contributed by atoms with E-state index in [-0.39, 0.29) is 82.4 Å². The Hall–Kier alpha value is -5.10. The maximum atomic E-state index is 14.6. The van der Waals surface area contributed by atoms with Crippen molar-refractivity contribution in [3.63, 3.8) is 0 Å². The van der Waals surface area contributed by atoms with Gasteiger partial charge in [0.15, 0.2) is 5.82 Å². The molecule has 21 nitrogen and oxygen atoms in total. The van der Waals surface area contributed by atoms with Crippen LogP contribution >= 0.6 is 11.6 Å². The predicted molar refractivity (Wildman–Crippen MR) is 360 cm³/mol. The van der Waals surface area contributed by atoms with Gasteiger partial charge < -0.3 is 64.0 Å². The van der Waals surface area contributed by atoms with E-state index >= 15 is 0 Å². The van der Waals surface area contributed by atoms with Crippen LogP contribution in [0.1, 0.15) is 205 Å². The number of fused-ring (bicyclic) bond motifs is 2. The average molecular weight is 1330 g/mol. The van der Waals surface area contributed by atoms with Gasteiger partial charge in [-0.1, -0.05) is 122 Å². The number of rotatable bonds is 50. The lowest BCUT2D eigenvalue weighted by molar-refractivity contribution is -0.135. The molecule has 5 rings (SSSR count). The molecule has 1 atom stereocenters. The standard InChI is InChI=1S/C70H115ClFN9O12/c1-8-9-10-11-12-13-14-15-16-17-18-21-24-55(66(86)73-6)29-34-78(7)62(84)31-38-89-42-46-93-48-44-91-40-33-75-61(83)30-37-88-41-45-92-47-43-90-39-32-74-60(82)25-22-19-20-23-26-63(85)79-35-36-81(69(4,5)53-79)67(87)59-50-76-65-64(77-59)70(51-68(2,3)52-70)54-80(65)56-27-28-57(71)58(72)49-56/h27-28,49-50,55H,8-26,29-48,51-54H2,1-7H3,(H,73,86)(H,74,82)(H,75,83). The molecule has 0 bridgehead atoms. The molecule has 6 amide bonds. The van der Waals surface area contributed by atoms with Crippen LogP contribution in [0.25, 0.3) is 0 Å². The molecule has 2 aromatic rings. The Morgan fingerprint density at radius 3 is 1.73 bits per heavy atom. The van der Waals surface area contributed by atoms with Crippen molar-refractivity contribution in [3.05, 3.63) is 46.6 Å². The Morgan fingerprint density at radius 2 is 1.17 bits per heavy atom. The third-order valence-corrected chi connectivity index (χ3v) is 18.2. The third kappa shape index (κ3) is 28.6. The topological polar surface area (TPSA) is 233 Å². The number of ether oxygens (including phenoxy) is 6. The zero-order valence-corrected chi connectivity index (χ0v) is 58.4. The van der Waals surface area contributed by atoms with Crippen LogP contribution < -0.4 is 20.9 Å². The van der Waals surface area contributed by atoms with Crippen molar-refractivity contribution in [1.82, 2.24) is 40.6 Å². The molecule has 0 radical (unpaired) electrons. The molecule has 2 aliphatic heterocycles. The van der Waals surface area contributed by atoms with Crippen LogP contribution in [0.5, 0.6) is 0 Å². The maximum Gasteiger partial charge on any atom is 0.274 e. The van der Waals surface area contributed by atoms with Crippen LogP contribution in [-0.2, 0) is 57.8 Å². The lowest BCUT2D eigenvalue weighted by Crippen LogP contribution is -2.62. The van der Waals surface area contributed by atoms with Crippen molar-refractivity contribution in [2.45, 2.75) is 200 Å². The van der Waals surface area contributed by atoms with Crippen LogP contribution in [0.4, 0.5) is 15.9 Å². The van der Waals surface area contributed by atoms with Crippen LogP contribution in [-0.4, -0.2) is 205 Å². The van der Waals surface area contributed by atoms with E-state index in [0.29, 0.717) is 149 Å². The van der Waals surface area contributed by atoms with Gasteiger partial charge in [0.2, 0.25) is 29.5 Å². The van der Waals surface area contributed by atoms with Crippen LogP contribution in [0.15, 0.2) is 24.4 Å². The molecule has 3 N–H and O–H groups in total. The molecule has 1 unspecified atom stereocenters. The number of carbonyl (C=O) groups excluding carboxylic acids is 6. The first-order chi connectivity index (χ1) is 44.8. The van der Waals surface area contributed by atoms with Crippen molar-refractivity contribution in [3.8, 4) is 0 Å². The van der Waals surface area contributed by atoms with Crippen LogP contribution in [0, 0.1) is 17.2 Å². The molecule has 1 saturated carbocycles. The number of hydrogen-bond donors (Lipinski definition) is 3. The second kappa shape index (κ2) is 43.2. The number of halogens is 2. The van der Waals surface area contributed by atoms with E-state index < -0.39 is 11.4 Å². The first-order valence-corrected chi connectivity index (χ1v) is 35.3. The number of nitrogens with one attached hydrogen (secondary N) is 3. The molecule has 1 aromatic carbocycles.